The summed E-state index contributed by atoms with van der Waals surface area (Å²) in [6, 6.07) is 12.9. The van der Waals surface area contributed by atoms with Crippen molar-refractivity contribution in [2.24, 2.45) is 0 Å². The van der Waals surface area contributed by atoms with E-state index >= 15 is 0 Å². The Hall–Kier alpha value is -2.03. The number of carbonyl (C=O) groups excluding carboxylic acids is 1. The smallest absolute Gasteiger partial charge is 0.267 e. The second-order valence-electron chi connectivity index (χ2n) is 7.21. The van der Waals surface area contributed by atoms with Crippen LogP contribution in [0.4, 0.5) is 11.5 Å². The maximum Gasteiger partial charge on any atom is 0.267 e. The molecule has 1 fully saturated rings. The first-order chi connectivity index (χ1) is 13.5. The Morgan fingerprint density at radius 2 is 1.90 bits per heavy atom. The van der Waals surface area contributed by atoms with Gasteiger partial charge in [-0.2, -0.15) is 0 Å². The van der Waals surface area contributed by atoms with Crippen LogP contribution in [0.15, 0.2) is 48.7 Å². The predicted molar refractivity (Wildman–Crippen MR) is 133 cm³/mol. The van der Waals surface area contributed by atoms with Crippen LogP contribution in [0.3, 0.4) is 0 Å². The standard InChI is InChI=1S/C21H27N5O2.3ClH/c1-25(2)19-7-3-17(4-8-19)14-26-12-11-18(15-26)23-20-9-5-16(13-22-20)6-10-21(27)24-28;;;/h3-10,13,18,28H,11-12,14-15H2,1-2H3,(H,22,23)(H,24,27);3*1H/b10-6+;;;/t18-;;;/m1.../s1. The van der Waals surface area contributed by atoms with Crippen molar-refractivity contribution < 1.29 is 10.0 Å². The van der Waals surface area contributed by atoms with Crippen molar-refractivity contribution >= 4 is 60.7 Å². The van der Waals surface area contributed by atoms with E-state index in [2.05, 4.69) is 58.5 Å². The van der Waals surface area contributed by atoms with Crippen molar-refractivity contribution in [2.45, 2.75) is 19.0 Å². The Morgan fingerprint density at radius 1 is 1.19 bits per heavy atom. The van der Waals surface area contributed by atoms with E-state index in [1.807, 2.05) is 12.1 Å². The maximum atomic E-state index is 11.0. The van der Waals surface area contributed by atoms with E-state index in [1.165, 1.54) is 17.3 Å². The van der Waals surface area contributed by atoms with Crippen LogP contribution in [-0.4, -0.2) is 54.2 Å². The number of nitrogens with one attached hydrogen (secondary N) is 2. The number of anilines is 2. The van der Waals surface area contributed by atoms with Crippen LogP contribution in [-0.2, 0) is 11.3 Å². The molecular formula is C21H30Cl3N5O2. The Kier molecular flexibility index (Phi) is 13.2. The minimum absolute atomic E-state index is 0. The average molecular weight is 491 g/mol. The molecule has 3 N–H and O–H groups in total. The zero-order valence-electron chi connectivity index (χ0n) is 17.5. The minimum atomic E-state index is -0.565. The van der Waals surface area contributed by atoms with Gasteiger partial charge in [-0.1, -0.05) is 12.1 Å². The minimum Gasteiger partial charge on any atom is -0.378 e. The molecule has 1 aromatic carbocycles. The van der Waals surface area contributed by atoms with E-state index in [9.17, 15) is 4.79 Å². The highest BCUT2D eigenvalue weighted by Gasteiger charge is 2.22. The zero-order chi connectivity index (χ0) is 19.9. The molecule has 172 valence electrons. The molecule has 1 saturated heterocycles. The Labute approximate surface area is 202 Å². The highest BCUT2D eigenvalue weighted by atomic mass is 35.5. The van der Waals surface area contributed by atoms with Gasteiger partial charge in [-0.05, 0) is 47.9 Å². The lowest BCUT2D eigenvalue weighted by molar-refractivity contribution is -0.124. The van der Waals surface area contributed by atoms with Crippen molar-refractivity contribution in [1.82, 2.24) is 15.4 Å². The van der Waals surface area contributed by atoms with Crippen LogP contribution >= 0.6 is 37.2 Å². The SMILES string of the molecule is CN(C)c1ccc(CN2CC[C@@H](Nc3ccc(/C=C/C(=O)NO)cn3)C2)cc1.Cl.Cl.Cl. The van der Waals surface area contributed by atoms with Crippen LogP contribution in [0.1, 0.15) is 17.5 Å². The second kappa shape index (κ2) is 14.1. The number of hydrogen-bond acceptors (Lipinski definition) is 6. The van der Waals surface area contributed by atoms with Gasteiger partial charge in [0, 0.05) is 57.7 Å². The summed E-state index contributed by atoms with van der Waals surface area (Å²) in [4.78, 5) is 20.0. The van der Waals surface area contributed by atoms with E-state index in [4.69, 9.17) is 5.21 Å². The molecule has 0 bridgehead atoms. The number of rotatable bonds is 7. The van der Waals surface area contributed by atoms with Gasteiger partial charge in [0.25, 0.3) is 5.91 Å². The molecule has 1 amide bonds. The Bertz CT molecular complexity index is 817. The first-order valence-corrected chi connectivity index (χ1v) is 9.37. The van der Waals surface area contributed by atoms with Gasteiger partial charge in [-0.25, -0.2) is 10.5 Å². The summed E-state index contributed by atoms with van der Waals surface area (Å²) in [7, 11) is 4.10. The van der Waals surface area contributed by atoms with Crippen molar-refractivity contribution in [2.75, 3.05) is 37.4 Å². The molecule has 31 heavy (non-hydrogen) atoms. The van der Waals surface area contributed by atoms with E-state index in [1.54, 1.807) is 17.8 Å². The van der Waals surface area contributed by atoms with Gasteiger partial charge >= 0.3 is 0 Å². The van der Waals surface area contributed by atoms with Crippen molar-refractivity contribution in [3.05, 3.63) is 59.8 Å². The van der Waals surface area contributed by atoms with Crippen LogP contribution in [0.2, 0.25) is 0 Å². The van der Waals surface area contributed by atoms with E-state index in [0.717, 1.165) is 37.4 Å². The Balaban J connectivity index is 0.00000300. The van der Waals surface area contributed by atoms with Crippen LogP contribution in [0.5, 0.6) is 0 Å². The molecule has 0 aliphatic carbocycles. The van der Waals surface area contributed by atoms with Gasteiger partial charge in [0.05, 0.1) is 0 Å². The van der Waals surface area contributed by atoms with Gasteiger partial charge in [0.1, 0.15) is 5.82 Å². The number of benzene rings is 1. The van der Waals surface area contributed by atoms with E-state index in [0.29, 0.717) is 6.04 Å². The molecule has 0 radical (unpaired) electrons. The lowest BCUT2D eigenvalue weighted by Crippen LogP contribution is -2.26. The quantitative estimate of drug-likeness (QED) is 0.312. The highest BCUT2D eigenvalue weighted by Crippen LogP contribution is 2.19. The number of nitrogens with zero attached hydrogens (tertiary/aromatic N) is 3. The third kappa shape index (κ3) is 8.93. The van der Waals surface area contributed by atoms with E-state index < -0.39 is 5.91 Å². The number of hydroxylamine groups is 1. The summed E-state index contributed by atoms with van der Waals surface area (Å²) in [5.41, 5.74) is 4.89. The summed E-state index contributed by atoms with van der Waals surface area (Å²) in [6.07, 6.45) is 5.63. The normalized spacial score (nSPS) is 15.4. The highest BCUT2D eigenvalue weighted by molar-refractivity contribution is 5.90. The maximum absolute atomic E-state index is 11.0. The summed E-state index contributed by atoms with van der Waals surface area (Å²) in [5, 5.41) is 12.0. The molecule has 1 aliphatic heterocycles. The van der Waals surface area contributed by atoms with Gasteiger partial charge in [-0.15, -0.1) is 37.2 Å². The summed E-state index contributed by atoms with van der Waals surface area (Å²) >= 11 is 0. The van der Waals surface area contributed by atoms with Crippen LogP contribution in [0.25, 0.3) is 6.08 Å². The zero-order valence-corrected chi connectivity index (χ0v) is 20.0. The Morgan fingerprint density at radius 3 is 2.48 bits per heavy atom. The number of pyridine rings is 1. The van der Waals surface area contributed by atoms with E-state index in [-0.39, 0.29) is 37.2 Å². The van der Waals surface area contributed by atoms with Gasteiger partial charge in [0.15, 0.2) is 0 Å². The lowest BCUT2D eigenvalue weighted by Gasteiger charge is -2.18. The number of carbonyl (C=O) groups is 1. The summed E-state index contributed by atoms with van der Waals surface area (Å²) < 4.78 is 0. The number of halogens is 3. The van der Waals surface area contributed by atoms with Gasteiger partial charge < -0.3 is 10.2 Å². The van der Waals surface area contributed by atoms with Crippen molar-refractivity contribution in [3.8, 4) is 0 Å². The summed E-state index contributed by atoms with van der Waals surface area (Å²) in [6.45, 7) is 3.00. The fourth-order valence-corrected chi connectivity index (χ4v) is 3.26. The molecule has 1 aromatic heterocycles. The third-order valence-electron chi connectivity index (χ3n) is 4.81. The molecule has 3 rings (SSSR count). The first-order valence-electron chi connectivity index (χ1n) is 9.37. The topological polar surface area (TPSA) is 80.7 Å². The molecule has 1 aliphatic rings. The summed E-state index contributed by atoms with van der Waals surface area (Å²) in [5.74, 6) is 0.260. The lowest BCUT2D eigenvalue weighted by atomic mass is 10.2. The van der Waals surface area contributed by atoms with Gasteiger partial charge in [0.2, 0.25) is 0 Å². The number of aromatic nitrogens is 1. The fraction of sp³-hybridized carbons (Fsp3) is 0.333. The van der Waals surface area contributed by atoms with Crippen molar-refractivity contribution in [3.63, 3.8) is 0 Å². The fourth-order valence-electron chi connectivity index (χ4n) is 3.26. The molecule has 10 heteroatoms. The van der Waals surface area contributed by atoms with Crippen molar-refractivity contribution in [1.29, 1.82) is 0 Å². The first kappa shape index (κ1) is 29.0. The van der Waals surface area contributed by atoms with Gasteiger partial charge in [-0.3, -0.25) is 14.9 Å². The number of amides is 1. The molecule has 7 nitrogen and oxygen atoms in total. The third-order valence-corrected chi connectivity index (χ3v) is 4.81. The molecule has 2 heterocycles. The predicted octanol–water partition coefficient (Wildman–Crippen LogP) is 3.62. The number of hydrogen-bond donors (Lipinski definition) is 3. The average Bonchev–Trinajstić information content (AvgIpc) is 3.14. The second-order valence-corrected chi connectivity index (χ2v) is 7.21. The molecule has 0 saturated carbocycles. The molecule has 0 unspecified atom stereocenters. The van der Waals surface area contributed by atoms with Crippen LogP contribution < -0.4 is 15.7 Å². The molecule has 0 spiro atoms. The molecule has 2 aromatic rings. The monoisotopic (exact) mass is 489 g/mol. The molecule has 1 atom stereocenters. The molecular weight excluding hydrogens is 461 g/mol. The van der Waals surface area contributed by atoms with Crippen LogP contribution in [0, 0.1) is 0 Å². The number of likely N-dealkylation sites (tertiary alicyclic amines) is 1. The largest absolute Gasteiger partial charge is 0.378 e.